The second-order valence-corrected chi connectivity index (χ2v) is 8.50. The number of hydrogen-bond donors (Lipinski definition) is 1. The minimum absolute atomic E-state index is 0.0245. The van der Waals surface area contributed by atoms with Gasteiger partial charge in [-0.2, -0.15) is 0 Å². The molecule has 5 heteroatoms. The molecular weight excluding hydrogens is 410 g/mol. The first-order valence-electron chi connectivity index (χ1n) is 11.5. The molecule has 1 unspecified atom stereocenters. The number of para-hydroxylation sites is 2. The molecule has 0 aliphatic heterocycles. The summed E-state index contributed by atoms with van der Waals surface area (Å²) >= 11 is 0. The molecule has 0 spiro atoms. The molecule has 0 saturated carbocycles. The van der Waals surface area contributed by atoms with Crippen LogP contribution in [0.3, 0.4) is 0 Å². The van der Waals surface area contributed by atoms with E-state index >= 15 is 0 Å². The van der Waals surface area contributed by atoms with Crippen LogP contribution in [0.25, 0.3) is 11.0 Å². The molecule has 1 N–H and O–H groups in total. The first kappa shape index (κ1) is 22.6. The van der Waals surface area contributed by atoms with Gasteiger partial charge < -0.3 is 14.6 Å². The number of amides is 1. The fraction of sp³-hybridized carbons (Fsp3) is 0.286. The largest absolute Gasteiger partial charge is 0.491 e. The molecule has 0 saturated heterocycles. The van der Waals surface area contributed by atoms with Gasteiger partial charge in [-0.05, 0) is 56.5 Å². The molecule has 1 amide bonds. The molecule has 0 aliphatic carbocycles. The van der Waals surface area contributed by atoms with Crippen LogP contribution in [0, 0.1) is 13.8 Å². The number of rotatable bonds is 9. The van der Waals surface area contributed by atoms with Crippen LogP contribution < -0.4 is 10.1 Å². The second-order valence-electron chi connectivity index (χ2n) is 8.50. The van der Waals surface area contributed by atoms with Crippen molar-refractivity contribution in [1.29, 1.82) is 0 Å². The minimum Gasteiger partial charge on any atom is -0.491 e. The van der Waals surface area contributed by atoms with Crippen molar-refractivity contribution < 1.29 is 9.53 Å². The number of carbonyl (C=O) groups is 1. The van der Waals surface area contributed by atoms with E-state index in [1.165, 1.54) is 5.56 Å². The molecule has 1 atom stereocenters. The maximum atomic E-state index is 12.6. The van der Waals surface area contributed by atoms with Gasteiger partial charge in [0.1, 0.15) is 18.2 Å². The summed E-state index contributed by atoms with van der Waals surface area (Å²) in [6.45, 7) is 7.30. The van der Waals surface area contributed by atoms with Crippen molar-refractivity contribution in [2.45, 2.75) is 46.2 Å². The summed E-state index contributed by atoms with van der Waals surface area (Å²) in [7, 11) is 0. The first-order chi connectivity index (χ1) is 16.0. The average Bonchev–Trinajstić information content (AvgIpc) is 3.19. The van der Waals surface area contributed by atoms with Crippen molar-refractivity contribution in [3.63, 3.8) is 0 Å². The van der Waals surface area contributed by atoms with Gasteiger partial charge in [0, 0.05) is 6.42 Å². The van der Waals surface area contributed by atoms with Crippen LogP contribution in [0.2, 0.25) is 0 Å². The molecular formula is C28H31N3O2. The molecule has 3 aromatic carbocycles. The third kappa shape index (κ3) is 5.61. The molecule has 1 aromatic heterocycles. The van der Waals surface area contributed by atoms with E-state index in [0.717, 1.165) is 40.2 Å². The summed E-state index contributed by atoms with van der Waals surface area (Å²) in [6, 6.07) is 24.1. The zero-order chi connectivity index (χ0) is 23.2. The maximum absolute atomic E-state index is 12.6. The minimum atomic E-state index is -0.207. The quantitative estimate of drug-likeness (QED) is 0.371. The highest BCUT2D eigenvalue weighted by Crippen LogP contribution is 2.22. The Morgan fingerprint density at radius 1 is 1.03 bits per heavy atom. The van der Waals surface area contributed by atoms with Gasteiger partial charge in [-0.15, -0.1) is 0 Å². The molecule has 4 rings (SSSR count). The van der Waals surface area contributed by atoms with Crippen molar-refractivity contribution in [3.05, 3.63) is 95.3 Å². The fourth-order valence-corrected chi connectivity index (χ4v) is 4.15. The van der Waals surface area contributed by atoms with Gasteiger partial charge in [-0.3, -0.25) is 4.79 Å². The van der Waals surface area contributed by atoms with E-state index in [4.69, 9.17) is 9.72 Å². The molecule has 1 heterocycles. The Morgan fingerprint density at radius 2 is 1.79 bits per heavy atom. The van der Waals surface area contributed by atoms with Crippen LogP contribution in [0.4, 0.5) is 0 Å². The van der Waals surface area contributed by atoms with Crippen molar-refractivity contribution in [2.75, 3.05) is 6.61 Å². The van der Waals surface area contributed by atoms with E-state index < -0.39 is 0 Å². The standard InChI is InChI=1S/C28H31N3O2/c1-20-13-15-26(21(2)19-20)33-18-17-31-25-12-8-7-11-24(25)30-28(31)22(3)29-27(32)16-14-23-9-5-4-6-10-23/h4-13,15,19,22H,14,16-18H2,1-3H3,(H,29,32). The summed E-state index contributed by atoms with van der Waals surface area (Å²) < 4.78 is 8.24. The van der Waals surface area contributed by atoms with Crippen LogP contribution >= 0.6 is 0 Å². The van der Waals surface area contributed by atoms with Crippen LogP contribution in [-0.4, -0.2) is 22.1 Å². The molecule has 0 fully saturated rings. The highest BCUT2D eigenvalue weighted by atomic mass is 16.5. The zero-order valence-electron chi connectivity index (χ0n) is 19.5. The highest BCUT2D eigenvalue weighted by Gasteiger charge is 2.18. The molecule has 0 radical (unpaired) electrons. The van der Waals surface area contributed by atoms with Crippen LogP contribution in [0.15, 0.2) is 72.8 Å². The molecule has 0 bridgehead atoms. The Balaban J connectivity index is 1.45. The van der Waals surface area contributed by atoms with Crippen LogP contribution in [-0.2, 0) is 17.8 Å². The number of nitrogens with zero attached hydrogens (tertiary/aromatic N) is 2. The van der Waals surface area contributed by atoms with Gasteiger partial charge >= 0.3 is 0 Å². The van der Waals surface area contributed by atoms with Crippen molar-refractivity contribution in [1.82, 2.24) is 14.9 Å². The number of aryl methyl sites for hydroxylation is 3. The lowest BCUT2D eigenvalue weighted by molar-refractivity contribution is -0.121. The molecule has 0 aliphatic rings. The predicted octanol–water partition coefficient (Wildman–Crippen LogP) is 5.54. The average molecular weight is 442 g/mol. The number of imidazole rings is 1. The molecule has 170 valence electrons. The van der Waals surface area contributed by atoms with E-state index in [0.29, 0.717) is 19.6 Å². The summed E-state index contributed by atoms with van der Waals surface area (Å²) in [5.74, 6) is 1.76. The van der Waals surface area contributed by atoms with E-state index in [9.17, 15) is 4.79 Å². The topological polar surface area (TPSA) is 56.1 Å². The maximum Gasteiger partial charge on any atom is 0.220 e. The second kappa shape index (κ2) is 10.3. The Hall–Kier alpha value is -3.60. The Labute approximate surface area is 195 Å². The summed E-state index contributed by atoms with van der Waals surface area (Å²) in [5, 5.41) is 3.13. The predicted molar refractivity (Wildman–Crippen MR) is 132 cm³/mol. The number of aromatic nitrogens is 2. The molecule has 5 nitrogen and oxygen atoms in total. The summed E-state index contributed by atoms with van der Waals surface area (Å²) in [6.07, 6.45) is 1.17. The van der Waals surface area contributed by atoms with E-state index in [1.807, 2.05) is 61.5 Å². The van der Waals surface area contributed by atoms with Crippen LogP contribution in [0.1, 0.15) is 41.9 Å². The van der Waals surface area contributed by atoms with E-state index in [-0.39, 0.29) is 11.9 Å². The SMILES string of the molecule is Cc1ccc(OCCn2c(C(C)NC(=O)CCc3ccccc3)nc3ccccc32)c(C)c1. The summed E-state index contributed by atoms with van der Waals surface area (Å²) in [5.41, 5.74) is 5.48. The molecule has 4 aromatic rings. The lowest BCUT2D eigenvalue weighted by Crippen LogP contribution is -2.29. The Morgan fingerprint density at radius 3 is 2.58 bits per heavy atom. The van der Waals surface area contributed by atoms with Gasteiger partial charge in [-0.25, -0.2) is 4.98 Å². The van der Waals surface area contributed by atoms with Gasteiger partial charge in [0.25, 0.3) is 0 Å². The number of benzene rings is 3. The lowest BCUT2D eigenvalue weighted by atomic mass is 10.1. The smallest absolute Gasteiger partial charge is 0.220 e. The number of nitrogens with one attached hydrogen (secondary N) is 1. The van der Waals surface area contributed by atoms with Crippen LogP contribution in [0.5, 0.6) is 5.75 Å². The van der Waals surface area contributed by atoms with Gasteiger partial charge in [0.05, 0.1) is 23.6 Å². The van der Waals surface area contributed by atoms with Crippen molar-refractivity contribution >= 4 is 16.9 Å². The van der Waals surface area contributed by atoms with Gasteiger partial charge in [-0.1, -0.05) is 60.2 Å². The number of hydrogen-bond acceptors (Lipinski definition) is 3. The third-order valence-corrected chi connectivity index (χ3v) is 5.84. The third-order valence-electron chi connectivity index (χ3n) is 5.84. The number of fused-ring (bicyclic) bond motifs is 1. The normalized spacial score (nSPS) is 12.0. The van der Waals surface area contributed by atoms with E-state index in [2.05, 4.69) is 41.9 Å². The van der Waals surface area contributed by atoms with Gasteiger partial charge in [0.15, 0.2) is 0 Å². The summed E-state index contributed by atoms with van der Waals surface area (Å²) in [4.78, 5) is 17.4. The zero-order valence-corrected chi connectivity index (χ0v) is 19.5. The molecule has 33 heavy (non-hydrogen) atoms. The highest BCUT2D eigenvalue weighted by molar-refractivity contribution is 5.78. The lowest BCUT2D eigenvalue weighted by Gasteiger charge is -2.17. The Bertz CT molecular complexity index is 1230. The van der Waals surface area contributed by atoms with Gasteiger partial charge in [0.2, 0.25) is 5.91 Å². The first-order valence-corrected chi connectivity index (χ1v) is 11.5. The fourth-order valence-electron chi connectivity index (χ4n) is 4.15. The van der Waals surface area contributed by atoms with E-state index in [1.54, 1.807) is 0 Å². The number of ether oxygens (including phenoxy) is 1. The number of carbonyl (C=O) groups excluding carboxylic acids is 1. The Kier molecular flexibility index (Phi) is 7.08. The van der Waals surface area contributed by atoms with Crippen molar-refractivity contribution in [2.24, 2.45) is 0 Å². The van der Waals surface area contributed by atoms with Crippen molar-refractivity contribution in [3.8, 4) is 5.75 Å². The monoisotopic (exact) mass is 441 g/mol.